The van der Waals surface area contributed by atoms with Gasteiger partial charge in [0, 0.05) is 30.2 Å². The lowest BCUT2D eigenvalue weighted by atomic mass is 10.1. The van der Waals surface area contributed by atoms with Crippen molar-refractivity contribution in [3.8, 4) is 0 Å². The summed E-state index contributed by atoms with van der Waals surface area (Å²) in [7, 11) is 0. The minimum absolute atomic E-state index is 0.122. The fourth-order valence-corrected chi connectivity index (χ4v) is 2.03. The van der Waals surface area contributed by atoms with Crippen molar-refractivity contribution in [3.63, 3.8) is 0 Å². The maximum atomic E-state index is 5.89. The first-order valence-corrected chi connectivity index (χ1v) is 7.41. The number of hydrogen-bond donors (Lipinski definition) is 1. The van der Waals surface area contributed by atoms with Gasteiger partial charge in [0.1, 0.15) is 11.5 Å². The molecule has 1 heterocycles. The SMILES string of the molecule is C=CCN(Cc1cc(CNC(C)(C)C)c(C)o1)C(C)C. The van der Waals surface area contributed by atoms with Gasteiger partial charge in [-0.25, -0.2) is 0 Å². The summed E-state index contributed by atoms with van der Waals surface area (Å²) >= 11 is 0. The molecule has 0 bridgehead atoms. The monoisotopic (exact) mass is 278 g/mol. The molecule has 0 spiro atoms. The van der Waals surface area contributed by atoms with Crippen molar-refractivity contribution in [1.29, 1.82) is 0 Å². The molecule has 1 aromatic heterocycles. The van der Waals surface area contributed by atoms with Crippen LogP contribution in [0.3, 0.4) is 0 Å². The molecule has 0 saturated heterocycles. The summed E-state index contributed by atoms with van der Waals surface area (Å²) < 4.78 is 5.89. The number of hydrogen-bond acceptors (Lipinski definition) is 3. The van der Waals surface area contributed by atoms with Gasteiger partial charge in [0.05, 0.1) is 6.54 Å². The molecule has 0 radical (unpaired) electrons. The van der Waals surface area contributed by atoms with Crippen LogP contribution in [0.2, 0.25) is 0 Å². The van der Waals surface area contributed by atoms with E-state index in [0.29, 0.717) is 6.04 Å². The topological polar surface area (TPSA) is 28.4 Å². The van der Waals surface area contributed by atoms with Crippen molar-refractivity contribution in [1.82, 2.24) is 10.2 Å². The first-order chi connectivity index (χ1) is 9.23. The Labute approximate surface area is 124 Å². The van der Waals surface area contributed by atoms with Crippen LogP contribution < -0.4 is 5.32 Å². The quantitative estimate of drug-likeness (QED) is 0.767. The molecule has 0 unspecified atom stereocenters. The molecule has 0 aliphatic rings. The summed E-state index contributed by atoms with van der Waals surface area (Å²) in [5, 5.41) is 3.50. The van der Waals surface area contributed by atoms with Crippen molar-refractivity contribution < 1.29 is 4.42 Å². The molecule has 20 heavy (non-hydrogen) atoms. The Kier molecular flexibility index (Phi) is 6.03. The highest BCUT2D eigenvalue weighted by atomic mass is 16.3. The van der Waals surface area contributed by atoms with Crippen molar-refractivity contribution in [2.45, 2.75) is 66.2 Å². The van der Waals surface area contributed by atoms with Crippen LogP contribution in [0.5, 0.6) is 0 Å². The largest absolute Gasteiger partial charge is 0.465 e. The van der Waals surface area contributed by atoms with E-state index in [0.717, 1.165) is 31.2 Å². The van der Waals surface area contributed by atoms with E-state index in [2.05, 4.69) is 57.5 Å². The average Bonchev–Trinajstić information content (AvgIpc) is 2.65. The van der Waals surface area contributed by atoms with Gasteiger partial charge in [-0.15, -0.1) is 6.58 Å². The molecule has 0 aliphatic heterocycles. The molecular formula is C17H30N2O. The molecular weight excluding hydrogens is 248 g/mol. The summed E-state index contributed by atoms with van der Waals surface area (Å²) in [6.07, 6.45) is 1.94. The van der Waals surface area contributed by atoms with E-state index in [9.17, 15) is 0 Å². The number of rotatable bonds is 7. The van der Waals surface area contributed by atoms with Crippen LogP contribution in [0.1, 0.15) is 51.7 Å². The zero-order chi connectivity index (χ0) is 15.3. The average molecular weight is 278 g/mol. The Morgan fingerprint density at radius 2 is 2.05 bits per heavy atom. The van der Waals surface area contributed by atoms with Crippen molar-refractivity contribution in [3.05, 3.63) is 35.8 Å². The molecule has 0 atom stereocenters. The number of aryl methyl sites for hydroxylation is 1. The summed E-state index contributed by atoms with van der Waals surface area (Å²) in [6, 6.07) is 2.65. The van der Waals surface area contributed by atoms with Crippen LogP contribution in [0.25, 0.3) is 0 Å². The first kappa shape index (κ1) is 17.0. The van der Waals surface area contributed by atoms with E-state index in [1.165, 1.54) is 5.56 Å². The smallest absolute Gasteiger partial charge is 0.118 e. The third-order valence-corrected chi connectivity index (χ3v) is 3.33. The Balaban J connectivity index is 2.71. The van der Waals surface area contributed by atoms with E-state index in [1.807, 2.05) is 13.0 Å². The van der Waals surface area contributed by atoms with Crippen LogP contribution in [0, 0.1) is 6.92 Å². The second-order valence-corrected chi connectivity index (χ2v) is 6.71. The second-order valence-electron chi connectivity index (χ2n) is 6.71. The number of nitrogens with zero attached hydrogens (tertiary/aromatic N) is 1. The minimum Gasteiger partial charge on any atom is -0.465 e. The summed E-state index contributed by atoms with van der Waals surface area (Å²) in [6.45, 7) is 19.3. The molecule has 1 N–H and O–H groups in total. The van der Waals surface area contributed by atoms with Crippen LogP contribution >= 0.6 is 0 Å². The molecule has 3 heteroatoms. The van der Waals surface area contributed by atoms with Gasteiger partial charge in [-0.1, -0.05) is 6.08 Å². The highest BCUT2D eigenvalue weighted by Gasteiger charge is 2.15. The van der Waals surface area contributed by atoms with Crippen LogP contribution in [0.15, 0.2) is 23.1 Å². The van der Waals surface area contributed by atoms with E-state index in [1.54, 1.807) is 0 Å². The van der Waals surface area contributed by atoms with Gasteiger partial charge >= 0.3 is 0 Å². The van der Waals surface area contributed by atoms with Gasteiger partial charge in [-0.2, -0.15) is 0 Å². The molecule has 1 rings (SSSR count). The molecule has 0 saturated carbocycles. The molecule has 1 aromatic rings. The maximum Gasteiger partial charge on any atom is 0.118 e. The van der Waals surface area contributed by atoms with Crippen molar-refractivity contribution >= 4 is 0 Å². The van der Waals surface area contributed by atoms with Gasteiger partial charge in [-0.05, 0) is 47.6 Å². The highest BCUT2D eigenvalue weighted by molar-refractivity contribution is 5.21. The zero-order valence-electron chi connectivity index (χ0n) is 13.9. The normalized spacial score (nSPS) is 12.4. The van der Waals surface area contributed by atoms with Crippen LogP contribution in [0.4, 0.5) is 0 Å². The zero-order valence-corrected chi connectivity index (χ0v) is 13.9. The van der Waals surface area contributed by atoms with Gasteiger partial charge in [-0.3, -0.25) is 4.90 Å². The fraction of sp³-hybridized carbons (Fsp3) is 0.647. The molecule has 114 valence electrons. The molecule has 0 aromatic carbocycles. The third-order valence-electron chi connectivity index (χ3n) is 3.33. The number of furan rings is 1. The minimum atomic E-state index is 0.122. The van der Waals surface area contributed by atoms with E-state index < -0.39 is 0 Å². The highest BCUT2D eigenvalue weighted by Crippen LogP contribution is 2.18. The Morgan fingerprint density at radius 1 is 1.40 bits per heavy atom. The van der Waals surface area contributed by atoms with Gasteiger partial charge < -0.3 is 9.73 Å². The third kappa shape index (κ3) is 5.51. The standard InChI is InChI=1S/C17H30N2O/c1-8-9-19(13(2)3)12-16-10-15(14(4)20-16)11-18-17(5,6)7/h8,10,13,18H,1,9,11-12H2,2-7H3. The van der Waals surface area contributed by atoms with Gasteiger partial charge in [0.15, 0.2) is 0 Å². The van der Waals surface area contributed by atoms with Gasteiger partial charge in [0.2, 0.25) is 0 Å². The van der Waals surface area contributed by atoms with E-state index >= 15 is 0 Å². The van der Waals surface area contributed by atoms with Crippen molar-refractivity contribution in [2.24, 2.45) is 0 Å². The predicted molar refractivity (Wildman–Crippen MR) is 85.8 cm³/mol. The van der Waals surface area contributed by atoms with Crippen LogP contribution in [-0.2, 0) is 13.1 Å². The summed E-state index contributed by atoms with van der Waals surface area (Å²) in [4.78, 5) is 2.34. The van der Waals surface area contributed by atoms with E-state index in [-0.39, 0.29) is 5.54 Å². The van der Waals surface area contributed by atoms with E-state index in [4.69, 9.17) is 4.42 Å². The van der Waals surface area contributed by atoms with Gasteiger partial charge in [0.25, 0.3) is 0 Å². The fourth-order valence-electron chi connectivity index (χ4n) is 2.03. The molecule has 0 amide bonds. The molecule has 3 nitrogen and oxygen atoms in total. The molecule has 0 aliphatic carbocycles. The maximum absolute atomic E-state index is 5.89. The Morgan fingerprint density at radius 3 is 2.55 bits per heavy atom. The Hall–Kier alpha value is -1.06. The van der Waals surface area contributed by atoms with Crippen LogP contribution in [-0.4, -0.2) is 23.0 Å². The summed E-state index contributed by atoms with van der Waals surface area (Å²) in [5.74, 6) is 2.04. The lowest BCUT2D eigenvalue weighted by Gasteiger charge is -2.23. The first-order valence-electron chi connectivity index (χ1n) is 7.41. The molecule has 0 fully saturated rings. The lowest BCUT2D eigenvalue weighted by molar-refractivity contribution is 0.217. The van der Waals surface area contributed by atoms with Crippen molar-refractivity contribution in [2.75, 3.05) is 6.54 Å². The lowest BCUT2D eigenvalue weighted by Crippen LogP contribution is -2.35. The number of nitrogens with one attached hydrogen (secondary N) is 1. The predicted octanol–water partition coefficient (Wildman–Crippen LogP) is 3.87. The summed E-state index contributed by atoms with van der Waals surface area (Å²) in [5.41, 5.74) is 1.37. The second kappa shape index (κ2) is 7.09. The Bertz CT molecular complexity index is 427.